The molecule has 0 fully saturated rings. The first-order valence-electron chi connectivity index (χ1n) is 21.2. The second kappa shape index (κ2) is 40.0. The fourth-order valence-electron chi connectivity index (χ4n) is 6.33. The van der Waals surface area contributed by atoms with Crippen molar-refractivity contribution in [2.24, 2.45) is 0 Å². The number of hydrogen-bond acceptors (Lipinski definition) is 3. The summed E-state index contributed by atoms with van der Waals surface area (Å²) in [5, 5.41) is 23.0. The number of rotatable bonds is 38. The maximum Gasteiger partial charge on any atom is 0.220 e. The van der Waals surface area contributed by atoms with Crippen LogP contribution in [0.2, 0.25) is 0 Å². The molecule has 2 atom stereocenters. The number of allylic oxidation sites excluding steroid dienone is 5. The van der Waals surface area contributed by atoms with Gasteiger partial charge in [-0.2, -0.15) is 0 Å². The second-order valence-electron chi connectivity index (χ2n) is 14.4. The summed E-state index contributed by atoms with van der Waals surface area (Å²) in [5.41, 5.74) is 0. The van der Waals surface area contributed by atoms with E-state index in [1.165, 1.54) is 154 Å². The summed E-state index contributed by atoms with van der Waals surface area (Å²) in [6.45, 7) is 4.24. The molecule has 4 heteroatoms. The molecule has 1 amide bonds. The van der Waals surface area contributed by atoms with E-state index in [1.807, 2.05) is 6.08 Å². The quantitative estimate of drug-likeness (QED) is 0.0451. The first-order chi connectivity index (χ1) is 23.7. The molecule has 0 aromatic carbocycles. The van der Waals surface area contributed by atoms with Gasteiger partial charge < -0.3 is 15.5 Å². The molecule has 0 bridgehead atoms. The molecule has 2 unspecified atom stereocenters. The first-order valence-corrected chi connectivity index (χ1v) is 21.2. The molecule has 0 saturated carbocycles. The Labute approximate surface area is 300 Å². The largest absolute Gasteiger partial charge is 0.394 e. The Morgan fingerprint density at radius 3 is 1.33 bits per heavy atom. The lowest BCUT2D eigenvalue weighted by atomic mass is 10.0. The summed E-state index contributed by atoms with van der Waals surface area (Å²) >= 11 is 0. The van der Waals surface area contributed by atoms with Crippen molar-refractivity contribution in [3.05, 3.63) is 36.5 Å². The highest BCUT2D eigenvalue weighted by atomic mass is 16.3. The maximum atomic E-state index is 12.3. The summed E-state index contributed by atoms with van der Waals surface area (Å²) in [7, 11) is 0. The predicted octanol–water partition coefficient (Wildman–Crippen LogP) is 13.0. The molecule has 4 nitrogen and oxygen atoms in total. The Morgan fingerprint density at radius 2 is 0.896 bits per heavy atom. The van der Waals surface area contributed by atoms with Crippen LogP contribution in [0.4, 0.5) is 0 Å². The Bertz CT molecular complexity index is 731. The topological polar surface area (TPSA) is 69.6 Å². The van der Waals surface area contributed by atoms with Crippen molar-refractivity contribution in [3.63, 3.8) is 0 Å². The minimum absolute atomic E-state index is 0.0788. The fraction of sp³-hybridized carbons (Fsp3) is 0.841. The Kier molecular flexibility index (Phi) is 38.9. The van der Waals surface area contributed by atoms with Crippen molar-refractivity contribution in [1.82, 2.24) is 5.32 Å². The Morgan fingerprint density at radius 1 is 0.500 bits per heavy atom. The normalized spacial score (nSPS) is 13.3. The molecule has 3 N–H and O–H groups in total. The van der Waals surface area contributed by atoms with Crippen LogP contribution in [0.25, 0.3) is 0 Å². The van der Waals surface area contributed by atoms with E-state index >= 15 is 0 Å². The highest BCUT2D eigenvalue weighted by Gasteiger charge is 2.17. The molecule has 0 aromatic heterocycles. The van der Waals surface area contributed by atoms with Crippen molar-refractivity contribution in [1.29, 1.82) is 0 Å². The molecule has 282 valence electrons. The Balaban J connectivity index is 3.55. The summed E-state index contributed by atoms with van der Waals surface area (Å²) < 4.78 is 0. The van der Waals surface area contributed by atoms with Crippen LogP contribution < -0.4 is 5.32 Å². The van der Waals surface area contributed by atoms with Gasteiger partial charge in [-0.15, -0.1) is 0 Å². The summed E-state index contributed by atoms with van der Waals surface area (Å²) in [6, 6.07) is -0.628. The van der Waals surface area contributed by atoms with Gasteiger partial charge in [-0.05, 0) is 44.9 Å². The molecule has 0 radical (unpaired) electrons. The highest BCUT2D eigenvalue weighted by Crippen LogP contribution is 2.15. The minimum Gasteiger partial charge on any atom is -0.394 e. The van der Waals surface area contributed by atoms with E-state index in [4.69, 9.17) is 0 Å². The van der Waals surface area contributed by atoms with E-state index in [1.54, 1.807) is 6.08 Å². The van der Waals surface area contributed by atoms with E-state index in [2.05, 4.69) is 43.5 Å². The molecule has 0 rings (SSSR count). The molecule has 0 aliphatic carbocycles. The van der Waals surface area contributed by atoms with Crippen LogP contribution in [0.15, 0.2) is 36.5 Å². The molecule has 48 heavy (non-hydrogen) atoms. The van der Waals surface area contributed by atoms with Crippen LogP contribution in [0, 0.1) is 0 Å². The van der Waals surface area contributed by atoms with E-state index in [0.29, 0.717) is 6.42 Å². The van der Waals surface area contributed by atoms with Crippen molar-refractivity contribution < 1.29 is 15.0 Å². The summed E-state index contributed by atoms with van der Waals surface area (Å²) in [4.78, 5) is 12.3. The SMILES string of the molecule is CCC/C=C\C/C=C\CCCCCCCC(=O)NC(CO)C(O)/C=C/CCCCCCCCCCCCCCCCCCCCCCC. The predicted molar refractivity (Wildman–Crippen MR) is 212 cm³/mol. The monoisotopic (exact) mass is 674 g/mol. The van der Waals surface area contributed by atoms with Gasteiger partial charge in [0.15, 0.2) is 0 Å². The number of hydrogen-bond donors (Lipinski definition) is 3. The second-order valence-corrected chi connectivity index (χ2v) is 14.4. The molecular weight excluding hydrogens is 590 g/mol. The number of aliphatic hydroxyl groups excluding tert-OH is 2. The summed E-state index contributed by atoms with van der Waals surface area (Å²) in [5.74, 6) is -0.0788. The number of carbonyl (C=O) groups is 1. The first kappa shape index (κ1) is 46.6. The van der Waals surface area contributed by atoms with E-state index in [9.17, 15) is 15.0 Å². The van der Waals surface area contributed by atoms with Gasteiger partial charge in [0.05, 0.1) is 18.8 Å². The molecule has 0 saturated heterocycles. The molecule has 0 aliphatic rings. The lowest BCUT2D eigenvalue weighted by Crippen LogP contribution is -2.45. The van der Waals surface area contributed by atoms with E-state index < -0.39 is 12.1 Å². The third kappa shape index (κ3) is 35.9. The van der Waals surface area contributed by atoms with Gasteiger partial charge in [0.2, 0.25) is 5.91 Å². The molecule has 0 aliphatic heterocycles. The van der Waals surface area contributed by atoms with Gasteiger partial charge in [-0.25, -0.2) is 0 Å². The molecule has 0 aromatic rings. The van der Waals surface area contributed by atoms with Crippen LogP contribution in [-0.4, -0.2) is 34.9 Å². The number of carbonyl (C=O) groups excluding carboxylic acids is 1. The smallest absolute Gasteiger partial charge is 0.220 e. The zero-order valence-electron chi connectivity index (χ0n) is 32.3. The van der Waals surface area contributed by atoms with Crippen LogP contribution in [0.5, 0.6) is 0 Å². The van der Waals surface area contributed by atoms with Crippen LogP contribution in [0.3, 0.4) is 0 Å². The van der Waals surface area contributed by atoms with Crippen molar-refractivity contribution in [2.75, 3.05) is 6.61 Å². The van der Waals surface area contributed by atoms with Crippen molar-refractivity contribution in [3.8, 4) is 0 Å². The lowest BCUT2D eigenvalue weighted by molar-refractivity contribution is -0.123. The van der Waals surface area contributed by atoms with Gasteiger partial charge >= 0.3 is 0 Å². The molecule has 0 heterocycles. The average molecular weight is 674 g/mol. The zero-order chi connectivity index (χ0) is 35.0. The van der Waals surface area contributed by atoms with Crippen molar-refractivity contribution >= 4 is 5.91 Å². The van der Waals surface area contributed by atoms with Gasteiger partial charge in [0, 0.05) is 6.42 Å². The average Bonchev–Trinajstić information content (AvgIpc) is 3.09. The highest BCUT2D eigenvalue weighted by molar-refractivity contribution is 5.76. The standard InChI is InChI=1S/C44H83NO3/c1-3-5-7-9-11-13-15-17-18-19-20-21-22-23-24-25-26-28-29-31-33-35-37-39-43(47)42(41-46)45-44(48)40-38-36-34-32-30-27-16-14-12-10-8-6-4-2/h8,10,14,16,37,39,42-43,46-47H,3-7,9,11-13,15,17-36,38,40-41H2,1-2H3,(H,45,48)/b10-8-,16-14-,39-37+. The zero-order valence-corrected chi connectivity index (χ0v) is 32.3. The third-order valence-electron chi connectivity index (χ3n) is 9.60. The number of unbranched alkanes of at least 4 members (excludes halogenated alkanes) is 27. The lowest BCUT2D eigenvalue weighted by Gasteiger charge is -2.20. The fourth-order valence-corrected chi connectivity index (χ4v) is 6.33. The van der Waals surface area contributed by atoms with Crippen LogP contribution in [0.1, 0.15) is 219 Å². The minimum atomic E-state index is -0.843. The van der Waals surface area contributed by atoms with Crippen LogP contribution in [-0.2, 0) is 4.79 Å². The van der Waals surface area contributed by atoms with Crippen molar-refractivity contribution in [2.45, 2.75) is 231 Å². The van der Waals surface area contributed by atoms with Gasteiger partial charge in [-0.3, -0.25) is 4.79 Å². The van der Waals surface area contributed by atoms with E-state index in [0.717, 1.165) is 44.9 Å². The number of nitrogens with one attached hydrogen (secondary N) is 1. The van der Waals surface area contributed by atoms with Crippen LogP contribution >= 0.6 is 0 Å². The summed E-state index contributed by atoms with van der Waals surface area (Å²) in [6.07, 6.45) is 52.5. The third-order valence-corrected chi connectivity index (χ3v) is 9.60. The molecule has 0 spiro atoms. The van der Waals surface area contributed by atoms with Gasteiger partial charge in [0.25, 0.3) is 0 Å². The maximum absolute atomic E-state index is 12.3. The Hall–Kier alpha value is -1.39. The molecular formula is C44H83NO3. The van der Waals surface area contributed by atoms with E-state index in [-0.39, 0.29) is 12.5 Å². The van der Waals surface area contributed by atoms with Gasteiger partial charge in [-0.1, -0.05) is 204 Å². The number of aliphatic hydroxyl groups is 2. The van der Waals surface area contributed by atoms with Gasteiger partial charge in [0.1, 0.15) is 0 Å². The number of amides is 1.